The van der Waals surface area contributed by atoms with Crippen molar-refractivity contribution in [1.82, 2.24) is 9.62 Å². The van der Waals surface area contributed by atoms with Gasteiger partial charge in [0.15, 0.2) is 0 Å². The second-order valence-corrected chi connectivity index (χ2v) is 11.4. The van der Waals surface area contributed by atoms with Gasteiger partial charge in [0.1, 0.15) is 4.21 Å². The Hall–Kier alpha value is -1.12. The monoisotopic (exact) mass is 439 g/mol. The number of nitrogens with zero attached hydrogens (tertiary/aromatic N) is 2. The topological polar surface area (TPSA) is 52.6 Å². The molecule has 0 radical (unpaired) electrons. The van der Waals surface area contributed by atoms with Crippen LogP contribution >= 0.6 is 22.9 Å². The van der Waals surface area contributed by atoms with E-state index in [4.69, 9.17) is 11.6 Å². The zero-order valence-electron chi connectivity index (χ0n) is 16.2. The fraction of sp³-hybridized carbons (Fsp3) is 0.500. The number of sulfonamides is 1. The first-order valence-corrected chi connectivity index (χ1v) is 12.3. The molecule has 8 heteroatoms. The van der Waals surface area contributed by atoms with Gasteiger partial charge in [0, 0.05) is 37.9 Å². The average molecular weight is 440 g/mol. The maximum Gasteiger partial charge on any atom is 0.250 e. The highest BCUT2D eigenvalue weighted by molar-refractivity contribution is 7.91. The molecule has 152 valence electrons. The minimum atomic E-state index is -3.53. The van der Waals surface area contributed by atoms with E-state index in [0.29, 0.717) is 4.34 Å². The molecule has 5 nitrogen and oxygen atoms in total. The van der Waals surface area contributed by atoms with Crippen molar-refractivity contribution in [1.29, 1.82) is 0 Å². The lowest BCUT2D eigenvalue weighted by Gasteiger charge is -2.37. The molecule has 1 atom stereocenters. The lowest BCUT2D eigenvalue weighted by atomic mass is 9.84. The van der Waals surface area contributed by atoms with Gasteiger partial charge < -0.3 is 9.80 Å². The molecule has 1 saturated heterocycles. The van der Waals surface area contributed by atoms with E-state index in [1.54, 1.807) is 12.1 Å². The lowest BCUT2D eigenvalue weighted by molar-refractivity contribution is 0.312. The second kappa shape index (κ2) is 7.95. The summed E-state index contributed by atoms with van der Waals surface area (Å²) in [5.74, 6) is 0. The van der Waals surface area contributed by atoms with Crippen LogP contribution in [-0.2, 0) is 22.9 Å². The summed E-state index contributed by atoms with van der Waals surface area (Å²) in [5, 5.41) is 0. The van der Waals surface area contributed by atoms with Gasteiger partial charge in [0.05, 0.1) is 4.34 Å². The summed E-state index contributed by atoms with van der Waals surface area (Å²) >= 11 is 7.03. The SMILES string of the molecule is Cc1ccc(N2CCN(C)CC2)c2c1CC[C@@H](NS(=O)(=O)c1ccc(Cl)s1)C2. The zero-order chi connectivity index (χ0) is 19.9. The molecule has 2 aromatic rings. The lowest BCUT2D eigenvalue weighted by Crippen LogP contribution is -2.45. The van der Waals surface area contributed by atoms with E-state index in [9.17, 15) is 8.42 Å². The third-order valence-electron chi connectivity index (χ3n) is 5.81. The standard InChI is InChI=1S/C20H26ClN3O2S2/c1-14-3-6-18(24-11-9-23(2)10-12-24)17-13-15(4-5-16(14)17)22-28(25,26)20-8-7-19(21)27-20/h3,6-8,15,22H,4-5,9-13H2,1-2H3/t15-/m1/s1. The first kappa shape index (κ1) is 20.2. The number of rotatable bonds is 4. The highest BCUT2D eigenvalue weighted by Gasteiger charge is 2.29. The molecule has 0 unspecified atom stereocenters. The molecule has 1 N–H and O–H groups in total. The van der Waals surface area contributed by atoms with Crippen LogP contribution in [0.4, 0.5) is 5.69 Å². The second-order valence-electron chi connectivity index (χ2n) is 7.77. The molecule has 1 fully saturated rings. The van der Waals surface area contributed by atoms with Crippen LogP contribution in [0.2, 0.25) is 4.34 Å². The number of benzene rings is 1. The number of piperazine rings is 1. The number of thiophene rings is 1. The Bertz CT molecular complexity index is 966. The first-order chi connectivity index (χ1) is 13.3. The Labute approximate surface area is 176 Å². The predicted molar refractivity (Wildman–Crippen MR) is 116 cm³/mol. The number of likely N-dealkylation sites (N-methyl/N-ethyl adjacent to an activating group) is 1. The molecule has 1 aromatic carbocycles. The van der Waals surface area contributed by atoms with Crippen molar-refractivity contribution in [3.63, 3.8) is 0 Å². The number of anilines is 1. The maximum atomic E-state index is 12.7. The molecule has 0 amide bonds. The highest BCUT2D eigenvalue weighted by atomic mass is 35.5. The van der Waals surface area contributed by atoms with Gasteiger partial charge in [0.25, 0.3) is 0 Å². The van der Waals surface area contributed by atoms with Crippen molar-refractivity contribution in [3.8, 4) is 0 Å². The molecule has 0 spiro atoms. The van der Waals surface area contributed by atoms with Gasteiger partial charge in [-0.3, -0.25) is 0 Å². The van der Waals surface area contributed by atoms with E-state index < -0.39 is 10.0 Å². The van der Waals surface area contributed by atoms with Crippen LogP contribution in [0.25, 0.3) is 0 Å². The molecule has 0 saturated carbocycles. The summed E-state index contributed by atoms with van der Waals surface area (Å²) in [7, 11) is -1.38. The van der Waals surface area contributed by atoms with E-state index in [2.05, 4.69) is 40.6 Å². The minimum Gasteiger partial charge on any atom is -0.369 e. The van der Waals surface area contributed by atoms with Crippen molar-refractivity contribution in [2.24, 2.45) is 0 Å². The number of nitrogens with one attached hydrogen (secondary N) is 1. The molecule has 2 heterocycles. The van der Waals surface area contributed by atoms with Crippen LogP contribution < -0.4 is 9.62 Å². The number of halogens is 1. The first-order valence-electron chi connectivity index (χ1n) is 9.66. The van der Waals surface area contributed by atoms with Crippen LogP contribution in [-0.4, -0.2) is 52.6 Å². The van der Waals surface area contributed by atoms with E-state index >= 15 is 0 Å². The van der Waals surface area contributed by atoms with Gasteiger partial charge in [-0.05, 0) is 68.1 Å². The fourth-order valence-corrected chi connectivity index (χ4v) is 6.97. The smallest absolute Gasteiger partial charge is 0.250 e. The van der Waals surface area contributed by atoms with Gasteiger partial charge >= 0.3 is 0 Å². The Kier molecular flexibility index (Phi) is 5.73. The van der Waals surface area contributed by atoms with Crippen molar-refractivity contribution in [2.75, 3.05) is 38.1 Å². The Morgan fingerprint density at radius 1 is 1.11 bits per heavy atom. The van der Waals surface area contributed by atoms with Crippen LogP contribution in [0, 0.1) is 6.92 Å². The normalized spacial score (nSPS) is 21.0. The van der Waals surface area contributed by atoms with Crippen molar-refractivity contribution in [3.05, 3.63) is 45.3 Å². The number of aryl methyl sites for hydroxylation is 1. The molecule has 4 rings (SSSR count). The highest BCUT2D eigenvalue weighted by Crippen LogP contribution is 2.34. The summed E-state index contributed by atoms with van der Waals surface area (Å²) in [4.78, 5) is 4.80. The van der Waals surface area contributed by atoms with E-state index in [1.807, 2.05) is 0 Å². The van der Waals surface area contributed by atoms with Crippen LogP contribution in [0.15, 0.2) is 28.5 Å². The van der Waals surface area contributed by atoms with E-state index in [0.717, 1.165) is 56.8 Å². The largest absolute Gasteiger partial charge is 0.369 e. The maximum absolute atomic E-state index is 12.7. The molecule has 0 bridgehead atoms. The number of hydrogen-bond acceptors (Lipinski definition) is 5. The fourth-order valence-electron chi connectivity index (χ4n) is 4.20. The van der Waals surface area contributed by atoms with Gasteiger partial charge in [-0.1, -0.05) is 17.7 Å². The zero-order valence-corrected chi connectivity index (χ0v) is 18.6. The summed E-state index contributed by atoms with van der Waals surface area (Å²) in [6.45, 7) is 6.28. The van der Waals surface area contributed by atoms with Gasteiger partial charge in [-0.15, -0.1) is 11.3 Å². The predicted octanol–water partition coefficient (Wildman–Crippen LogP) is 3.30. The molecule has 2 aliphatic rings. The summed E-state index contributed by atoms with van der Waals surface area (Å²) < 4.78 is 29.2. The Morgan fingerprint density at radius 3 is 2.54 bits per heavy atom. The van der Waals surface area contributed by atoms with Gasteiger partial charge in [0.2, 0.25) is 10.0 Å². The van der Waals surface area contributed by atoms with Crippen molar-refractivity contribution in [2.45, 2.75) is 36.4 Å². The molecule has 1 aliphatic heterocycles. The van der Waals surface area contributed by atoms with Crippen molar-refractivity contribution >= 4 is 38.6 Å². The number of hydrogen-bond donors (Lipinski definition) is 1. The summed E-state index contributed by atoms with van der Waals surface area (Å²) in [6, 6.07) is 7.55. The molecule has 28 heavy (non-hydrogen) atoms. The van der Waals surface area contributed by atoms with Crippen molar-refractivity contribution < 1.29 is 8.42 Å². The minimum absolute atomic E-state index is 0.0913. The van der Waals surface area contributed by atoms with Gasteiger partial charge in [-0.2, -0.15) is 0 Å². The van der Waals surface area contributed by atoms with Crippen LogP contribution in [0.5, 0.6) is 0 Å². The van der Waals surface area contributed by atoms with Crippen LogP contribution in [0.1, 0.15) is 23.1 Å². The molecule has 1 aliphatic carbocycles. The summed E-state index contributed by atoms with van der Waals surface area (Å²) in [5.41, 5.74) is 5.29. The molecular weight excluding hydrogens is 414 g/mol. The van der Waals surface area contributed by atoms with E-state index in [1.165, 1.54) is 22.4 Å². The summed E-state index contributed by atoms with van der Waals surface area (Å²) in [6.07, 6.45) is 2.45. The third kappa shape index (κ3) is 4.09. The Balaban J connectivity index is 1.58. The Morgan fingerprint density at radius 2 is 1.86 bits per heavy atom. The average Bonchev–Trinajstić information content (AvgIpc) is 3.10. The third-order valence-corrected chi connectivity index (χ3v) is 9.06. The number of fused-ring (bicyclic) bond motifs is 1. The van der Waals surface area contributed by atoms with E-state index in [-0.39, 0.29) is 10.3 Å². The quantitative estimate of drug-likeness (QED) is 0.794. The van der Waals surface area contributed by atoms with Crippen LogP contribution in [0.3, 0.4) is 0 Å². The van der Waals surface area contributed by atoms with Gasteiger partial charge in [-0.25, -0.2) is 13.1 Å². The molecule has 1 aromatic heterocycles. The molecular formula is C20H26ClN3O2S2.